The average Bonchev–Trinajstić information content (AvgIpc) is 2.43. The van der Waals surface area contributed by atoms with E-state index in [2.05, 4.69) is 13.8 Å². The van der Waals surface area contributed by atoms with E-state index in [1.807, 2.05) is 0 Å². The van der Waals surface area contributed by atoms with Crippen molar-refractivity contribution in [2.75, 3.05) is 26.4 Å². The van der Waals surface area contributed by atoms with Gasteiger partial charge in [-0.3, -0.25) is 0 Å². The van der Waals surface area contributed by atoms with E-state index in [4.69, 9.17) is 14.9 Å². The van der Waals surface area contributed by atoms with E-state index in [9.17, 15) is 0 Å². The Kier molecular flexibility index (Phi) is 25.7. The quantitative estimate of drug-likeness (QED) is 0.501. The summed E-state index contributed by atoms with van der Waals surface area (Å²) >= 11 is 0. The summed E-state index contributed by atoms with van der Waals surface area (Å²) in [6, 6.07) is 0. The average molecular weight is 276 g/mol. The minimum absolute atomic E-state index is 0.319. The van der Waals surface area contributed by atoms with Crippen LogP contribution in [0.3, 0.4) is 0 Å². The fourth-order valence-electron chi connectivity index (χ4n) is 1.53. The highest BCUT2D eigenvalue weighted by Crippen LogP contribution is 2.03. The molecule has 0 aromatic heterocycles. The zero-order valence-electron chi connectivity index (χ0n) is 13.2. The second kappa shape index (κ2) is 23.0. The molecule has 19 heavy (non-hydrogen) atoms. The van der Waals surface area contributed by atoms with E-state index in [0.29, 0.717) is 13.2 Å². The molecule has 0 amide bonds. The largest absolute Gasteiger partial charge is 0.396 e. The number of aliphatic hydroxyl groups excluding tert-OH is 2. The predicted octanol–water partition coefficient (Wildman–Crippen LogP) is 3.91. The molecule has 0 saturated carbocycles. The van der Waals surface area contributed by atoms with Crippen molar-refractivity contribution in [3.05, 3.63) is 0 Å². The molecule has 3 nitrogen and oxygen atoms in total. The molecule has 0 aliphatic carbocycles. The molecule has 3 heteroatoms. The second-order valence-electron chi connectivity index (χ2n) is 4.89. The van der Waals surface area contributed by atoms with Crippen LogP contribution >= 0.6 is 0 Å². The topological polar surface area (TPSA) is 49.7 Å². The zero-order chi connectivity index (χ0) is 14.6. The van der Waals surface area contributed by atoms with Gasteiger partial charge in [0.2, 0.25) is 0 Å². The van der Waals surface area contributed by atoms with Crippen LogP contribution in [-0.4, -0.2) is 36.6 Å². The van der Waals surface area contributed by atoms with Crippen LogP contribution in [0.25, 0.3) is 0 Å². The number of rotatable bonds is 13. The van der Waals surface area contributed by atoms with Crippen LogP contribution in [0.15, 0.2) is 0 Å². The van der Waals surface area contributed by atoms with Gasteiger partial charge in [-0.05, 0) is 25.7 Å². The van der Waals surface area contributed by atoms with Crippen LogP contribution < -0.4 is 0 Å². The fraction of sp³-hybridized carbons (Fsp3) is 1.00. The van der Waals surface area contributed by atoms with Crippen molar-refractivity contribution in [3.63, 3.8) is 0 Å². The van der Waals surface area contributed by atoms with Gasteiger partial charge in [0.25, 0.3) is 0 Å². The van der Waals surface area contributed by atoms with Crippen LogP contribution in [0.5, 0.6) is 0 Å². The van der Waals surface area contributed by atoms with E-state index in [-0.39, 0.29) is 0 Å². The molecule has 0 radical (unpaired) electrons. The molecule has 0 aliphatic heterocycles. The van der Waals surface area contributed by atoms with Crippen molar-refractivity contribution in [1.29, 1.82) is 0 Å². The van der Waals surface area contributed by atoms with E-state index in [1.54, 1.807) is 0 Å². The summed E-state index contributed by atoms with van der Waals surface area (Å²) < 4.78 is 5.31. The molecule has 0 aliphatic rings. The van der Waals surface area contributed by atoms with Gasteiger partial charge in [0.05, 0.1) is 0 Å². The monoisotopic (exact) mass is 276 g/mol. The molecule has 0 atom stereocenters. The van der Waals surface area contributed by atoms with E-state index in [1.165, 1.54) is 38.5 Å². The molecule has 2 N–H and O–H groups in total. The summed E-state index contributed by atoms with van der Waals surface area (Å²) in [5, 5.41) is 16.9. The van der Waals surface area contributed by atoms with Crippen molar-refractivity contribution in [1.82, 2.24) is 0 Å². The highest BCUT2D eigenvalue weighted by atomic mass is 16.5. The first-order valence-electron chi connectivity index (χ1n) is 8.12. The van der Waals surface area contributed by atoms with Crippen LogP contribution in [0.4, 0.5) is 0 Å². The Morgan fingerprint density at radius 1 is 0.579 bits per heavy atom. The summed E-state index contributed by atoms with van der Waals surface area (Å²) in [6.07, 6.45) is 11.4. The number of ether oxygens (including phenoxy) is 1. The Hall–Kier alpha value is -0.120. The highest BCUT2D eigenvalue weighted by Gasteiger charge is 1.88. The normalized spacial score (nSPS) is 10.1. The maximum Gasteiger partial charge on any atom is 0.0465 e. The third kappa shape index (κ3) is 27.2. The van der Waals surface area contributed by atoms with Gasteiger partial charge in [-0.25, -0.2) is 0 Å². The first kappa shape index (κ1) is 21.2. The Morgan fingerprint density at radius 3 is 1.26 bits per heavy atom. The molecule has 0 fully saturated rings. The molecular weight excluding hydrogens is 240 g/mol. The van der Waals surface area contributed by atoms with Crippen molar-refractivity contribution in [2.45, 2.75) is 78.1 Å². The zero-order valence-corrected chi connectivity index (χ0v) is 13.2. The lowest BCUT2D eigenvalue weighted by Gasteiger charge is -1.99. The molecule has 0 unspecified atom stereocenters. The molecule has 0 aromatic carbocycles. The number of aliphatic hydroxyl groups is 2. The smallest absolute Gasteiger partial charge is 0.0465 e. The summed E-state index contributed by atoms with van der Waals surface area (Å²) in [5.41, 5.74) is 0. The molecule has 0 bridgehead atoms. The van der Waals surface area contributed by atoms with Gasteiger partial charge in [-0.2, -0.15) is 0 Å². The molecule has 0 rings (SSSR count). The summed E-state index contributed by atoms with van der Waals surface area (Å²) in [6.45, 7) is 6.92. The molecule has 0 heterocycles. The predicted molar refractivity (Wildman–Crippen MR) is 82.5 cm³/mol. The number of unbranched alkanes of at least 4 members (excludes halogenated alkanes) is 7. The van der Waals surface area contributed by atoms with Crippen molar-refractivity contribution in [3.8, 4) is 0 Å². The van der Waals surface area contributed by atoms with Crippen molar-refractivity contribution >= 4 is 0 Å². The highest BCUT2D eigenvalue weighted by molar-refractivity contribution is 4.43. The molecule has 0 aromatic rings. The maximum atomic E-state index is 8.43. The summed E-state index contributed by atoms with van der Waals surface area (Å²) in [5.74, 6) is 0. The molecule has 0 spiro atoms. The third-order valence-electron chi connectivity index (χ3n) is 2.85. The van der Waals surface area contributed by atoms with Crippen LogP contribution in [-0.2, 0) is 4.74 Å². The van der Waals surface area contributed by atoms with Gasteiger partial charge >= 0.3 is 0 Å². The van der Waals surface area contributed by atoms with Gasteiger partial charge in [-0.15, -0.1) is 0 Å². The Morgan fingerprint density at radius 2 is 0.947 bits per heavy atom. The van der Waals surface area contributed by atoms with Crippen molar-refractivity contribution in [2.24, 2.45) is 0 Å². The fourth-order valence-corrected chi connectivity index (χ4v) is 1.53. The Labute approximate surface area is 120 Å². The standard InChI is InChI=1S/C8H18O2.C8H18O/c9-7-5-3-1-2-4-6-8-10;1-3-5-7-9-8-6-4-2/h9-10H,1-8H2;3-8H2,1-2H3. The van der Waals surface area contributed by atoms with Crippen LogP contribution in [0.2, 0.25) is 0 Å². The number of hydrogen-bond acceptors (Lipinski definition) is 3. The van der Waals surface area contributed by atoms with Gasteiger partial charge in [0.1, 0.15) is 0 Å². The number of hydrogen-bond donors (Lipinski definition) is 2. The van der Waals surface area contributed by atoms with Crippen molar-refractivity contribution < 1.29 is 14.9 Å². The lowest BCUT2D eigenvalue weighted by Crippen LogP contribution is -1.95. The van der Waals surface area contributed by atoms with Gasteiger partial charge in [0.15, 0.2) is 0 Å². The van der Waals surface area contributed by atoms with Crippen LogP contribution in [0.1, 0.15) is 78.1 Å². The van der Waals surface area contributed by atoms with Gasteiger partial charge < -0.3 is 14.9 Å². The van der Waals surface area contributed by atoms with Gasteiger partial charge in [-0.1, -0.05) is 52.4 Å². The second-order valence-corrected chi connectivity index (χ2v) is 4.89. The van der Waals surface area contributed by atoms with E-state index >= 15 is 0 Å². The molecule has 118 valence electrons. The Bertz CT molecular complexity index is 115. The third-order valence-corrected chi connectivity index (χ3v) is 2.85. The minimum atomic E-state index is 0.319. The lowest BCUT2D eigenvalue weighted by atomic mass is 10.1. The maximum absolute atomic E-state index is 8.43. The van der Waals surface area contributed by atoms with Crippen LogP contribution in [0, 0.1) is 0 Å². The minimum Gasteiger partial charge on any atom is -0.396 e. The lowest BCUT2D eigenvalue weighted by molar-refractivity contribution is 0.128. The first-order valence-corrected chi connectivity index (χ1v) is 8.12. The summed E-state index contributed by atoms with van der Waals surface area (Å²) in [7, 11) is 0. The summed E-state index contributed by atoms with van der Waals surface area (Å²) in [4.78, 5) is 0. The SMILES string of the molecule is CCCCOCCCC.OCCCCCCCCO. The van der Waals surface area contributed by atoms with E-state index in [0.717, 1.165) is 38.9 Å². The first-order chi connectivity index (χ1) is 9.33. The molecule has 0 saturated heterocycles. The van der Waals surface area contributed by atoms with E-state index < -0.39 is 0 Å². The van der Waals surface area contributed by atoms with Gasteiger partial charge in [0, 0.05) is 26.4 Å². The Balaban J connectivity index is 0. The molecular formula is C16H36O3.